The number of carbonyl (C=O) groups excluding carboxylic acids is 2. The van der Waals surface area contributed by atoms with Crippen molar-refractivity contribution < 1.29 is 9.59 Å². The van der Waals surface area contributed by atoms with Crippen LogP contribution in [0.1, 0.15) is 33.1 Å². The van der Waals surface area contributed by atoms with Crippen LogP contribution in [0.15, 0.2) is 36.4 Å². The summed E-state index contributed by atoms with van der Waals surface area (Å²) in [7, 11) is 0. The van der Waals surface area contributed by atoms with Crippen molar-refractivity contribution in [2.45, 2.75) is 33.1 Å². The van der Waals surface area contributed by atoms with Crippen LogP contribution in [0.3, 0.4) is 0 Å². The van der Waals surface area contributed by atoms with Gasteiger partial charge in [0.2, 0.25) is 11.8 Å². The Kier molecular flexibility index (Phi) is 7.04. The van der Waals surface area contributed by atoms with Crippen molar-refractivity contribution >= 4 is 40.6 Å². The molecular weight excluding hydrogens is 390 g/mol. The molecule has 0 radical (unpaired) electrons. The van der Waals surface area contributed by atoms with Crippen LogP contribution >= 0.6 is 11.6 Å². The minimum atomic E-state index is -0.0445. The Bertz CT molecular complexity index is 831. The third-order valence-electron chi connectivity index (χ3n) is 4.84. The van der Waals surface area contributed by atoms with E-state index in [2.05, 4.69) is 25.7 Å². The number of nitrogens with zero attached hydrogens (tertiary/aromatic N) is 3. The normalized spacial score (nSPS) is 14.7. The van der Waals surface area contributed by atoms with Gasteiger partial charge in [-0.05, 0) is 55.2 Å². The number of benzene rings is 1. The van der Waals surface area contributed by atoms with E-state index >= 15 is 0 Å². The number of hydrogen-bond donors (Lipinski definition) is 2. The molecule has 0 unspecified atom stereocenters. The molecule has 154 valence electrons. The topological polar surface area (TPSA) is 87.2 Å². The fraction of sp³-hybridized carbons (Fsp3) is 0.429. The summed E-state index contributed by atoms with van der Waals surface area (Å²) >= 11 is 5.78. The van der Waals surface area contributed by atoms with Crippen LogP contribution in [0.25, 0.3) is 0 Å². The Morgan fingerprint density at radius 1 is 1.03 bits per heavy atom. The molecule has 1 saturated heterocycles. The maximum Gasteiger partial charge on any atom is 0.227 e. The van der Waals surface area contributed by atoms with E-state index in [0.717, 1.165) is 43.1 Å². The van der Waals surface area contributed by atoms with Crippen LogP contribution in [-0.2, 0) is 9.59 Å². The molecule has 1 aromatic carbocycles. The van der Waals surface area contributed by atoms with Gasteiger partial charge in [0, 0.05) is 36.8 Å². The zero-order chi connectivity index (χ0) is 20.8. The molecule has 29 heavy (non-hydrogen) atoms. The molecule has 2 heterocycles. The summed E-state index contributed by atoms with van der Waals surface area (Å²) in [4.78, 5) is 26.5. The fourth-order valence-corrected chi connectivity index (χ4v) is 3.41. The zero-order valence-electron chi connectivity index (χ0n) is 16.7. The SMILES string of the molecule is CC(C)CC(=O)Nc1ccc(NC(=O)C2CCN(c3ccc(Cl)nn3)CC2)cc1. The van der Waals surface area contributed by atoms with Gasteiger partial charge in [0.15, 0.2) is 11.0 Å². The number of amides is 2. The van der Waals surface area contributed by atoms with E-state index in [1.165, 1.54) is 0 Å². The number of nitrogens with one attached hydrogen (secondary N) is 2. The first-order valence-corrected chi connectivity index (χ1v) is 10.2. The first-order valence-electron chi connectivity index (χ1n) is 9.85. The van der Waals surface area contributed by atoms with Gasteiger partial charge in [-0.15, -0.1) is 10.2 Å². The highest BCUT2D eigenvalue weighted by Crippen LogP contribution is 2.24. The summed E-state index contributed by atoms with van der Waals surface area (Å²) in [6.45, 7) is 5.50. The maximum absolute atomic E-state index is 12.6. The van der Waals surface area contributed by atoms with Crippen LogP contribution in [-0.4, -0.2) is 35.1 Å². The van der Waals surface area contributed by atoms with Crippen LogP contribution in [0.2, 0.25) is 5.15 Å². The van der Waals surface area contributed by atoms with Gasteiger partial charge < -0.3 is 15.5 Å². The van der Waals surface area contributed by atoms with Crippen molar-refractivity contribution in [1.82, 2.24) is 10.2 Å². The van der Waals surface area contributed by atoms with E-state index < -0.39 is 0 Å². The minimum Gasteiger partial charge on any atom is -0.355 e. The number of anilines is 3. The minimum absolute atomic E-state index is 0.00563. The summed E-state index contributed by atoms with van der Waals surface area (Å²) in [6, 6.07) is 10.8. The predicted octanol–water partition coefficient (Wildman–Crippen LogP) is 3.97. The van der Waals surface area contributed by atoms with Crippen LogP contribution in [0, 0.1) is 11.8 Å². The predicted molar refractivity (Wildman–Crippen MR) is 115 cm³/mol. The lowest BCUT2D eigenvalue weighted by atomic mass is 9.96. The fourth-order valence-electron chi connectivity index (χ4n) is 3.31. The molecule has 0 saturated carbocycles. The molecule has 1 aliphatic rings. The van der Waals surface area contributed by atoms with Gasteiger partial charge in [-0.3, -0.25) is 9.59 Å². The molecule has 7 nitrogen and oxygen atoms in total. The lowest BCUT2D eigenvalue weighted by Crippen LogP contribution is -2.38. The molecule has 1 fully saturated rings. The molecule has 0 aliphatic carbocycles. The molecule has 1 aromatic heterocycles. The van der Waals surface area contributed by atoms with E-state index in [9.17, 15) is 9.59 Å². The number of piperidine rings is 1. The van der Waals surface area contributed by atoms with Crippen molar-refractivity contribution in [1.29, 1.82) is 0 Å². The molecule has 0 atom stereocenters. The Hall–Kier alpha value is -2.67. The van der Waals surface area contributed by atoms with Crippen LogP contribution in [0.5, 0.6) is 0 Å². The molecule has 0 bridgehead atoms. The zero-order valence-corrected chi connectivity index (χ0v) is 17.4. The molecule has 2 N–H and O–H groups in total. The Morgan fingerprint density at radius 2 is 1.66 bits per heavy atom. The highest BCUT2D eigenvalue weighted by Gasteiger charge is 2.25. The number of hydrogen-bond acceptors (Lipinski definition) is 5. The van der Waals surface area contributed by atoms with Gasteiger partial charge in [-0.1, -0.05) is 25.4 Å². The van der Waals surface area contributed by atoms with Gasteiger partial charge in [-0.2, -0.15) is 0 Å². The highest BCUT2D eigenvalue weighted by atomic mass is 35.5. The Labute approximate surface area is 175 Å². The number of aromatic nitrogens is 2. The van der Waals surface area contributed by atoms with E-state index in [1.807, 2.05) is 19.9 Å². The summed E-state index contributed by atoms with van der Waals surface area (Å²) in [5.41, 5.74) is 1.45. The molecule has 0 spiro atoms. The number of carbonyl (C=O) groups is 2. The second-order valence-electron chi connectivity index (χ2n) is 7.69. The van der Waals surface area contributed by atoms with Gasteiger partial charge in [-0.25, -0.2) is 0 Å². The largest absolute Gasteiger partial charge is 0.355 e. The van der Waals surface area contributed by atoms with Gasteiger partial charge in [0.05, 0.1) is 0 Å². The summed E-state index contributed by atoms with van der Waals surface area (Å²) < 4.78 is 0. The van der Waals surface area contributed by atoms with Crippen molar-refractivity contribution in [2.24, 2.45) is 11.8 Å². The summed E-state index contributed by atoms with van der Waals surface area (Å²) in [6.07, 6.45) is 1.98. The molecule has 3 rings (SSSR count). The van der Waals surface area contributed by atoms with E-state index in [-0.39, 0.29) is 17.7 Å². The monoisotopic (exact) mass is 415 g/mol. The number of rotatable bonds is 6. The quantitative estimate of drug-likeness (QED) is 0.745. The highest BCUT2D eigenvalue weighted by molar-refractivity contribution is 6.29. The smallest absolute Gasteiger partial charge is 0.227 e. The van der Waals surface area contributed by atoms with Crippen LogP contribution < -0.4 is 15.5 Å². The second-order valence-corrected chi connectivity index (χ2v) is 8.08. The Morgan fingerprint density at radius 3 is 2.21 bits per heavy atom. The van der Waals surface area contributed by atoms with Gasteiger partial charge in [0.1, 0.15) is 0 Å². The van der Waals surface area contributed by atoms with E-state index in [4.69, 9.17) is 11.6 Å². The van der Waals surface area contributed by atoms with Gasteiger partial charge in [0.25, 0.3) is 0 Å². The van der Waals surface area contributed by atoms with Gasteiger partial charge >= 0.3 is 0 Å². The molecule has 1 aliphatic heterocycles. The lowest BCUT2D eigenvalue weighted by Gasteiger charge is -2.31. The summed E-state index contributed by atoms with van der Waals surface area (Å²) in [5, 5.41) is 14.2. The third kappa shape index (κ3) is 6.15. The molecule has 8 heteroatoms. The lowest BCUT2D eigenvalue weighted by molar-refractivity contribution is -0.120. The van der Waals surface area contributed by atoms with Crippen LogP contribution in [0.4, 0.5) is 17.2 Å². The molecule has 2 aromatic rings. The molecular formula is C21H26ClN5O2. The van der Waals surface area contributed by atoms with Crippen molar-refractivity contribution in [2.75, 3.05) is 28.6 Å². The molecule has 2 amide bonds. The van der Waals surface area contributed by atoms with Crippen molar-refractivity contribution in [3.63, 3.8) is 0 Å². The van der Waals surface area contributed by atoms with E-state index in [0.29, 0.717) is 17.5 Å². The third-order valence-corrected chi connectivity index (χ3v) is 5.04. The second kappa shape index (κ2) is 9.69. The first-order chi connectivity index (χ1) is 13.9. The van der Waals surface area contributed by atoms with Crippen molar-refractivity contribution in [3.8, 4) is 0 Å². The summed E-state index contributed by atoms with van der Waals surface area (Å²) in [5.74, 6) is 1.06. The first kappa shape index (κ1) is 21.0. The maximum atomic E-state index is 12.6. The Balaban J connectivity index is 1.48. The van der Waals surface area contributed by atoms with Crippen molar-refractivity contribution in [3.05, 3.63) is 41.6 Å². The van der Waals surface area contributed by atoms with E-state index in [1.54, 1.807) is 30.3 Å². The average Bonchev–Trinajstić information content (AvgIpc) is 2.69. The average molecular weight is 416 g/mol. The number of halogens is 1. The standard InChI is InChI=1S/C21H26ClN5O2/c1-14(2)13-20(28)23-16-3-5-17(6-4-16)24-21(29)15-9-11-27(12-10-15)19-8-7-18(22)25-26-19/h3-8,14-15H,9-13H2,1-2H3,(H,23,28)(H,24,29).